The molecule has 0 aliphatic heterocycles. The Morgan fingerprint density at radius 3 is 2.24 bits per heavy atom. The van der Waals surface area contributed by atoms with Crippen molar-refractivity contribution in [3.63, 3.8) is 0 Å². The van der Waals surface area contributed by atoms with Crippen LogP contribution >= 0.6 is 11.3 Å². The Kier molecular flexibility index (Phi) is 4.18. The lowest BCUT2D eigenvalue weighted by atomic mass is 9.82. The second-order valence-corrected chi connectivity index (χ2v) is 13.1. The molecular weight excluding hydrogens is 531 g/mol. The van der Waals surface area contributed by atoms with Crippen LogP contribution in [0.25, 0.3) is 80.7 Å². The van der Waals surface area contributed by atoms with Crippen molar-refractivity contribution in [2.45, 2.75) is 19.3 Å². The topological polar surface area (TPSA) is 18.1 Å². The average Bonchev–Trinajstić information content (AvgIpc) is 3.74. The van der Waals surface area contributed by atoms with Crippen molar-refractivity contribution in [2.24, 2.45) is 0 Å². The summed E-state index contributed by atoms with van der Waals surface area (Å²) in [5.41, 5.74) is 10.8. The van der Waals surface area contributed by atoms with Gasteiger partial charge in [0.25, 0.3) is 0 Å². The Hall–Kier alpha value is -4.86. The summed E-state index contributed by atoms with van der Waals surface area (Å²) in [6.45, 7) is 4.71. The van der Waals surface area contributed by atoms with Gasteiger partial charge in [0.15, 0.2) is 5.58 Å². The number of rotatable bonds is 1. The molecule has 0 saturated heterocycles. The highest BCUT2D eigenvalue weighted by Gasteiger charge is 2.35. The molecule has 0 atom stereocenters. The molecule has 3 heteroatoms. The van der Waals surface area contributed by atoms with Gasteiger partial charge < -0.3 is 8.98 Å². The fourth-order valence-corrected chi connectivity index (χ4v) is 8.98. The molecule has 0 amide bonds. The van der Waals surface area contributed by atoms with Crippen LogP contribution in [0.1, 0.15) is 25.0 Å². The third-order valence-electron chi connectivity index (χ3n) is 9.58. The number of aromatic nitrogens is 1. The van der Waals surface area contributed by atoms with Crippen molar-refractivity contribution >= 4 is 75.3 Å². The number of fused-ring (bicyclic) bond motifs is 15. The number of nitrogens with zero attached hydrogens (tertiary/aromatic N) is 1. The third-order valence-corrected chi connectivity index (χ3v) is 10.8. The monoisotopic (exact) mass is 555 g/mol. The molecule has 6 aromatic carbocycles. The van der Waals surface area contributed by atoms with Crippen molar-refractivity contribution in [3.8, 4) is 16.8 Å². The van der Waals surface area contributed by atoms with Gasteiger partial charge in [-0.25, -0.2) is 0 Å². The fraction of sp³-hybridized carbons (Fsp3) is 0.0769. The molecule has 0 saturated carbocycles. The van der Waals surface area contributed by atoms with Crippen LogP contribution in [0.3, 0.4) is 0 Å². The van der Waals surface area contributed by atoms with Crippen LogP contribution in [-0.2, 0) is 5.41 Å². The first kappa shape index (κ1) is 22.8. The SMILES string of the molecule is CC1(C)c2ccccc2-c2ccc(-n3c4ccccc4c4c5sc6ccccc6c5c5c6ccccc6oc5c43)cc21. The van der Waals surface area contributed by atoms with Crippen LogP contribution in [0, 0.1) is 0 Å². The second-order valence-electron chi connectivity index (χ2n) is 12.1. The van der Waals surface area contributed by atoms with E-state index in [1.807, 2.05) is 11.3 Å². The molecule has 2 nitrogen and oxygen atoms in total. The smallest absolute Gasteiger partial charge is 0.160 e. The van der Waals surface area contributed by atoms with E-state index in [9.17, 15) is 0 Å². The summed E-state index contributed by atoms with van der Waals surface area (Å²) in [6.07, 6.45) is 0. The number of benzene rings is 6. The second kappa shape index (κ2) is 7.70. The van der Waals surface area contributed by atoms with Gasteiger partial charge in [-0.15, -0.1) is 11.3 Å². The van der Waals surface area contributed by atoms with Crippen LogP contribution in [-0.4, -0.2) is 4.57 Å². The highest BCUT2D eigenvalue weighted by Crippen LogP contribution is 2.52. The van der Waals surface area contributed by atoms with Crippen LogP contribution in [0.5, 0.6) is 0 Å². The van der Waals surface area contributed by atoms with E-state index < -0.39 is 0 Å². The lowest BCUT2D eigenvalue weighted by Gasteiger charge is -2.22. The number of thiophene rings is 1. The third kappa shape index (κ3) is 2.66. The molecule has 42 heavy (non-hydrogen) atoms. The van der Waals surface area contributed by atoms with E-state index in [0.717, 1.165) is 16.7 Å². The minimum atomic E-state index is -0.0753. The molecule has 0 unspecified atom stereocenters. The van der Waals surface area contributed by atoms with E-state index in [2.05, 4.69) is 134 Å². The first-order chi connectivity index (χ1) is 20.6. The number of para-hydroxylation sites is 2. The molecular formula is C39H25NOS. The van der Waals surface area contributed by atoms with Crippen molar-refractivity contribution in [1.29, 1.82) is 0 Å². The maximum Gasteiger partial charge on any atom is 0.160 e. The standard InChI is InChI=1S/C39H25NOS/c1-39(2)28-15-7-3-11-23(28)24-20-19-22(21-29(24)39)40-30-16-8-4-12-25(30)35-36(40)37-33(26-13-5-9-17-31(26)41-37)34-27-14-6-10-18-32(27)42-38(34)35/h3-21H,1-2H3. The first-order valence-electron chi connectivity index (χ1n) is 14.5. The number of hydrogen-bond donors (Lipinski definition) is 0. The normalized spacial score (nSPS) is 14.1. The quantitative estimate of drug-likeness (QED) is 0.197. The van der Waals surface area contributed by atoms with Crippen molar-refractivity contribution in [2.75, 3.05) is 0 Å². The molecule has 0 N–H and O–H groups in total. The van der Waals surface area contributed by atoms with Crippen molar-refractivity contribution < 1.29 is 4.42 Å². The van der Waals surface area contributed by atoms with E-state index in [-0.39, 0.29) is 5.41 Å². The molecule has 1 aliphatic rings. The molecule has 3 heterocycles. The fourth-order valence-electron chi connectivity index (χ4n) is 7.71. The predicted octanol–water partition coefficient (Wildman–Crippen LogP) is 11.4. The number of furan rings is 1. The van der Waals surface area contributed by atoms with Gasteiger partial charge in [0.05, 0.1) is 11.0 Å². The lowest BCUT2D eigenvalue weighted by Crippen LogP contribution is -2.15. The highest BCUT2D eigenvalue weighted by molar-refractivity contribution is 7.27. The largest absolute Gasteiger partial charge is 0.454 e. The van der Waals surface area contributed by atoms with Gasteiger partial charge >= 0.3 is 0 Å². The molecule has 3 aromatic heterocycles. The Balaban J connectivity index is 1.43. The number of hydrogen-bond acceptors (Lipinski definition) is 2. The van der Waals surface area contributed by atoms with E-state index in [0.29, 0.717) is 0 Å². The first-order valence-corrected chi connectivity index (χ1v) is 15.4. The zero-order chi connectivity index (χ0) is 27.7. The van der Waals surface area contributed by atoms with Crippen molar-refractivity contribution in [1.82, 2.24) is 4.57 Å². The minimum Gasteiger partial charge on any atom is -0.454 e. The van der Waals surface area contributed by atoms with Crippen LogP contribution < -0.4 is 0 Å². The van der Waals surface area contributed by atoms with Gasteiger partial charge in [0.2, 0.25) is 0 Å². The van der Waals surface area contributed by atoms with E-state index in [1.165, 1.54) is 75.2 Å². The van der Waals surface area contributed by atoms with Crippen LogP contribution in [0.2, 0.25) is 0 Å². The zero-order valence-corrected chi connectivity index (χ0v) is 24.0. The van der Waals surface area contributed by atoms with Gasteiger partial charge in [0, 0.05) is 52.8 Å². The Bertz CT molecular complexity index is 2610. The van der Waals surface area contributed by atoms with Gasteiger partial charge in [0.1, 0.15) is 5.58 Å². The summed E-state index contributed by atoms with van der Waals surface area (Å²) in [6, 6.07) is 42.1. The molecule has 9 aromatic rings. The Morgan fingerprint density at radius 1 is 0.619 bits per heavy atom. The molecule has 198 valence electrons. The summed E-state index contributed by atoms with van der Waals surface area (Å²) in [7, 11) is 0. The average molecular weight is 556 g/mol. The summed E-state index contributed by atoms with van der Waals surface area (Å²) in [5, 5.41) is 7.51. The van der Waals surface area contributed by atoms with Crippen LogP contribution in [0.15, 0.2) is 120 Å². The summed E-state index contributed by atoms with van der Waals surface area (Å²) >= 11 is 1.90. The molecule has 1 aliphatic carbocycles. The lowest BCUT2D eigenvalue weighted by molar-refractivity contribution is 0.660. The van der Waals surface area contributed by atoms with E-state index in [4.69, 9.17) is 4.42 Å². The highest BCUT2D eigenvalue weighted by atomic mass is 32.1. The van der Waals surface area contributed by atoms with Crippen LogP contribution in [0.4, 0.5) is 0 Å². The van der Waals surface area contributed by atoms with Gasteiger partial charge in [-0.1, -0.05) is 98.8 Å². The zero-order valence-electron chi connectivity index (χ0n) is 23.2. The summed E-state index contributed by atoms with van der Waals surface area (Å²) in [4.78, 5) is 0. The van der Waals surface area contributed by atoms with E-state index >= 15 is 0 Å². The molecule has 10 rings (SSSR count). The maximum absolute atomic E-state index is 6.85. The van der Waals surface area contributed by atoms with Gasteiger partial charge in [-0.3, -0.25) is 0 Å². The predicted molar refractivity (Wildman–Crippen MR) is 179 cm³/mol. The molecule has 0 fully saturated rings. The maximum atomic E-state index is 6.85. The Morgan fingerprint density at radius 2 is 1.33 bits per heavy atom. The van der Waals surface area contributed by atoms with Gasteiger partial charge in [-0.05, 0) is 52.6 Å². The minimum absolute atomic E-state index is 0.0753. The Labute approximate surface area is 246 Å². The summed E-state index contributed by atoms with van der Waals surface area (Å²) in [5.74, 6) is 0. The molecule has 0 radical (unpaired) electrons. The van der Waals surface area contributed by atoms with E-state index in [1.54, 1.807) is 0 Å². The van der Waals surface area contributed by atoms with Crippen molar-refractivity contribution in [3.05, 3.63) is 126 Å². The van der Waals surface area contributed by atoms with Gasteiger partial charge in [-0.2, -0.15) is 0 Å². The molecule has 0 spiro atoms. The summed E-state index contributed by atoms with van der Waals surface area (Å²) < 4.78 is 11.9. The molecule has 0 bridgehead atoms.